The van der Waals surface area contributed by atoms with Gasteiger partial charge in [-0.25, -0.2) is 0 Å². The molecule has 0 spiro atoms. The second kappa shape index (κ2) is 14.0. The van der Waals surface area contributed by atoms with Crippen molar-refractivity contribution < 1.29 is 17.5 Å². The minimum Gasteiger partial charge on any atom is -0.344 e. The highest BCUT2D eigenvalue weighted by Crippen LogP contribution is 2.51. The Kier molecular flexibility index (Phi) is 9.88. The van der Waals surface area contributed by atoms with Gasteiger partial charge in [-0.05, 0) is 109 Å². The number of fused-ring (bicyclic) bond motifs is 6. The largest absolute Gasteiger partial charge is 0.344 e. The van der Waals surface area contributed by atoms with Crippen LogP contribution in [0.15, 0.2) is 112 Å². The summed E-state index contributed by atoms with van der Waals surface area (Å²) < 4.78 is 36.1. The first-order valence-corrected chi connectivity index (χ1v) is 21.0. The van der Waals surface area contributed by atoms with Gasteiger partial charge in [-0.15, -0.1) is 0 Å². The van der Waals surface area contributed by atoms with Crippen LogP contribution in [-0.2, 0) is 20.9 Å². The van der Waals surface area contributed by atoms with Crippen molar-refractivity contribution in [2.45, 2.75) is 103 Å². The van der Waals surface area contributed by atoms with Crippen molar-refractivity contribution in [3.05, 3.63) is 124 Å². The van der Waals surface area contributed by atoms with E-state index in [0.717, 1.165) is 78.7 Å². The SMILES string of the molecule is CCCCN1C(=CC=C2CCC(C=CC3=[N+](CCCC)c4ccc5cc(C)ccc5c4C3(C)C)=C2Cl)C(C)(C)c2c1ccc1cc(S(=O)(=O)O)ccc21. The number of benzene rings is 4. The second-order valence-corrected chi connectivity index (χ2v) is 17.9. The highest BCUT2D eigenvalue weighted by Gasteiger charge is 2.45. The van der Waals surface area contributed by atoms with Crippen LogP contribution in [0.2, 0.25) is 0 Å². The lowest BCUT2D eigenvalue weighted by Gasteiger charge is -2.27. The van der Waals surface area contributed by atoms with E-state index >= 15 is 0 Å². The Morgan fingerprint density at radius 1 is 0.830 bits per heavy atom. The fraction of sp³-hybridized carbons (Fsp3) is 0.370. The molecule has 3 aliphatic rings. The molecule has 5 nitrogen and oxygen atoms in total. The summed E-state index contributed by atoms with van der Waals surface area (Å²) in [6.45, 7) is 17.7. The number of anilines is 1. The third kappa shape index (κ3) is 6.51. The molecule has 7 rings (SSSR count). The van der Waals surface area contributed by atoms with Crippen molar-refractivity contribution in [3.8, 4) is 0 Å². The quantitative estimate of drug-likeness (QED) is 0.130. The fourth-order valence-electron chi connectivity index (χ4n) is 8.93. The first kappa shape index (κ1) is 37.3. The monoisotopic (exact) mass is 747 g/mol. The molecule has 0 unspecified atom stereocenters. The summed E-state index contributed by atoms with van der Waals surface area (Å²) in [7, 11) is -4.30. The van der Waals surface area contributed by atoms with Gasteiger partial charge in [-0.3, -0.25) is 4.55 Å². The van der Waals surface area contributed by atoms with Gasteiger partial charge in [0.05, 0.1) is 10.3 Å². The van der Waals surface area contributed by atoms with Crippen LogP contribution in [0.25, 0.3) is 21.5 Å². The second-order valence-electron chi connectivity index (χ2n) is 16.1. The Morgan fingerprint density at radius 3 is 2.26 bits per heavy atom. The molecule has 4 aromatic carbocycles. The molecule has 0 radical (unpaired) electrons. The van der Waals surface area contributed by atoms with Crippen LogP contribution in [0.3, 0.4) is 0 Å². The maximum atomic E-state index is 11.9. The fourth-order valence-corrected chi connectivity index (χ4v) is 9.76. The molecule has 4 aromatic rings. The number of halogens is 1. The van der Waals surface area contributed by atoms with Gasteiger partial charge in [0.1, 0.15) is 6.54 Å². The Labute approximate surface area is 320 Å². The van der Waals surface area contributed by atoms with Crippen LogP contribution in [-0.4, -0.2) is 36.3 Å². The van der Waals surface area contributed by atoms with Gasteiger partial charge in [-0.2, -0.15) is 13.0 Å². The molecule has 53 heavy (non-hydrogen) atoms. The number of rotatable bonds is 10. The normalized spacial score (nSPS) is 19.6. The molecule has 0 bridgehead atoms. The molecule has 0 saturated carbocycles. The zero-order valence-corrected chi connectivity index (χ0v) is 33.8. The predicted molar refractivity (Wildman–Crippen MR) is 223 cm³/mol. The van der Waals surface area contributed by atoms with E-state index in [0.29, 0.717) is 0 Å². The van der Waals surface area contributed by atoms with Crippen LogP contribution in [0, 0.1) is 6.92 Å². The van der Waals surface area contributed by atoms with E-state index in [1.165, 1.54) is 56.2 Å². The zero-order chi connectivity index (χ0) is 37.9. The van der Waals surface area contributed by atoms with E-state index in [2.05, 4.69) is 119 Å². The first-order chi connectivity index (χ1) is 25.2. The summed E-state index contributed by atoms with van der Waals surface area (Å²) in [6.07, 6.45) is 15.2. The maximum absolute atomic E-state index is 11.9. The molecule has 2 heterocycles. The summed E-state index contributed by atoms with van der Waals surface area (Å²) in [6, 6.07) is 20.4. The van der Waals surface area contributed by atoms with E-state index in [1.807, 2.05) is 12.1 Å². The molecule has 0 aromatic heterocycles. The summed E-state index contributed by atoms with van der Waals surface area (Å²) in [5.74, 6) is 0. The number of hydrogen-bond acceptors (Lipinski definition) is 3. The van der Waals surface area contributed by atoms with Crippen LogP contribution in [0.5, 0.6) is 0 Å². The van der Waals surface area contributed by atoms with Crippen molar-refractivity contribution in [1.29, 1.82) is 0 Å². The standard InChI is InChI=1S/C46H51ClN2O3S/c1-8-10-26-48-38-22-15-33-28-30(3)12-20-36(33)42(38)45(4,5)40(48)24-17-31-13-14-32(44(31)47)18-25-41-46(6,7)43-37-21-19-35(53(50,51)52)29-34(37)16-23-39(43)49(41)27-11-9-2/h12,15-25,28-29H,8-11,13-14,26-27H2,1-7H3/p+1. The molecule has 1 aliphatic carbocycles. The molecule has 2 aliphatic heterocycles. The molecule has 0 saturated heterocycles. The van der Waals surface area contributed by atoms with Gasteiger partial charge in [-0.1, -0.05) is 100 Å². The zero-order valence-electron chi connectivity index (χ0n) is 32.2. The number of aryl methyl sites for hydroxylation is 1. The van der Waals surface area contributed by atoms with E-state index in [4.69, 9.17) is 11.6 Å². The first-order valence-electron chi connectivity index (χ1n) is 19.2. The lowest BCUT2D eigenvalue weighted by Crippen LogP contribution is -2.28. The molecule has 0 fully saturated rings. The van der Waals surface area contributed by atoms with Gasteiger partial charge >= 0.3 is 0 Å². The van der Waals surface area contributed by atoms with Crippen molar-refractivity contribution >= 4 is 60.4 Å². The van der Waals surface area contributed by atoms with Crippen molar-refractivity contribution in [3.63, 3.8) is 0 Å². The van der Waals surface area contributed by atoms with E-state index in [-0.39, 0.29) is 15.7 Å². The van der Waals surface area contributed by atoms with E-state index in [9.17, 15) is 13.0 Å². The smallest absolute Gasteiger partial charge is 0.294 e. The van der Waals surface area contributed by atoms with E-state index < -0.39 is 10.1 Å². The van der Waals surface area contributed by atoms with Crippen LogP contribution in [0.4, 0.5) is 11.4 Å². The Morgan fingerprint density at radius 2 is 1.53 bits per heavy atom. The van der Waals surface area contributed by atoms with Gasteiger partial charge in [0, 0.05) is 52.5 Å². The molecular weight excluding hydrogens is 696 g/mol. The summed E-state index contributed by atoms with van der Waals surface area (Å²) in [5, 5.41) is 5.26. The molecule has 7 heteroatoms. The van der Waals surface area contributed by atoms with E-state index in [1.54, 1.807) is 6.07 Å². The summed E-state index contributed by atoms with van der Waals surface area (Å²) in [5.41, 5.74) is 10.6. The van der Waals surface area contributed by atoms with Gasteiger partial charge in [0.2, 0.25) is 5.69 Å². The minimum atomic E-state index is -4.30. The van der Waals surface area contributed by atoms with Gasteiger partial charge < -0.3 is 4.90 Å². The number of nitrogens with zero attached hydrogens (tertiary/aromatic N) is 2. The van der Waals surface area contributed by atoms with Gasteiger partial charge in [0.15, 0.2) is 5.71 Å². The van der Waals surface area contributed by atoms with Gasteiger partial charge in [0.25, 0.3) is 10.1 Å². The number of allylic oxidation sites excluding steroid dienone is 8. The van der Waals surface area contributed by atoms with Crippen molar-refractivity contribution in [1.82, 2.24) is 0 Å². The molecule has 1 N–H and O–H groups in total. The number of hydrogen-bond donors (Lipinski definition) is 1. The summed E-state index contributed by atoms with van der Waals surface area (Å²) in [4.78, 5) is 2.33. The summed E-state index contributed by atoms with van der Waals surface area (Å²) >= 11 is 7.22. The third-order valence-electron chi connectivity index (χ3n) is 11.7. The van der Waals surface area contributed by atoms with Crippen molar-refractivity contribution in [2.75, 3.05) is 18.0 Å². The molecule has 276 valence electrons. The number of unbranched alkanes of at least 4 members (excludes halogenated alkanes) is 2. The highest BCUT2D eigenvalue weighted by atomic mass is 35.5. The Hall–Kier alpha value is -3.97. The third-order valence-corrected chi connectivity index (χ3v) is 13.0. The molecular formula is C46H52ClN2O3S+. The molecule has 0 amide bonds. The predicted octanol–water partition coefficient (Wildman–Crippen LogP) is 12.0. The average Bonchev–Trinajstić information content (AvgIpc) is 3.65. The lowest BCUT2D eigenvalue weighted by atomic mass is 9.78. The van der Waals surface area contributed by atoms with Crippen molar-refractivity contribution in [2.24, 2.45) is 0 Å². The molecule has 0 atom stereocenters. The van der Waals surface area contributed by atoms with Crippen LogP contribution < -0.4 is 4.90 Å². The Balaban J connectivity index is 1.24. The topological polar surface area (TPSA) is 60.6 Å². The maximum Gasteiger partial charge on any atom is 0.294 e. The van der Waals surface area contributed by atoms with Crippen LogP contribution in [0.1, 0.15) is 96.8 Å². The average molecular weight is 748 g/mol. The minimum absolute atomic E-state index is 0.0896. The van der Waals surface area contributed by atoms with Crippen LogP contribution >= 0.6 is 11.6 Å². The lowest BCUT2D eigenvalue weighted by molar-refractivity contribution is -0.438. The Bertz CT molecular complexity index is 2430. The highest BCUT2D eigenvalue weighted by molar-refractivity contribution is 7.85.